The van der Waals surface area contributed by atoms with Crippen LogP contribution in [0.15, 0.2) is 24.3 Å². The van der Waals surface area contributed by atoms with Gasteiger partial charge >= 0.3 is 0 Å². The van der Waals surface area contributed by atoms with E-state index in [0.29, 0.717) is 6.04 Å². The zero-order valence-corrected chi connectivity index (χ0v) is 14.2. The van der Waals surface area contributed by atoms with Crippen LogP contribution in [0.1, 0.15) is 62.7 Å². The molecule has 1 saturated carbocycles. The molecule has 1 aliphatic rings. The minimum absolute atomic E-state index is 0.125. The van der Waals surface area contributed by atoms with Crippen LogP contribution >= 0.6 is 0 Å². The predicted molar refractivity (Wildman–Crippen MR) is 90.4 cm³/mol. The summed E-state index contributed by atoms with van der Waals surface area (Å²) in [6.07, 6.45) is 6.90. The van der Waals surface area contributed by atoms with Crippen molar-refractivity contribution in [2.45, 2.75) is 58.4 Å². The molecule has 0 bridgehead atoms. The fourth-order valence-corrected chi connectivity index (χ4v) is 3.03. The second-order valence-corrected chi connectivity index (χ2v) is 6.56. The fraction of sp³-hybridized carbons (Fsp3) is 0.632. The van der Waals surface area contributed by atoms with Crippen molar-refractivity contribution in [2.75, 3.05) is 13.7 Å². The zero-order chi connectivity index (χ0) is 15.9. The highest BCUT2D eigenvalue weighted by Crippen LogP contribution is 2.27. The summed E-state index contributed by atoms with van der Waals surface area (Å²) in [4.78, 5) is 14.5. The molecular weight excluding hydrogens is 274 g/mol. The van der Waals surface area contributed by atoms with Crippen molar-refractivity contribution in [1.82, 2.24) is 4.90 Å². The topological polar surface area (TPSA) is 29.5 Å². The predicted octanol–water partition coefficient (Wildman–Crippen LogP) is 4.52. The molecule has 1 aliphatic carbocycles. The molecule has 0 aromatic heterocycles. The van der Waals surface area contributed by atoms with Gasteiger partial charge in [-0.15, -0.1) is 0 Å². The molecule has 0 heterocycles. The Kier molecular flexibility index (Phi) is 6.29. The van der Waals surface area contributed by atoms with E-state index in [1.807, 2.05) is 36.2 Å². The van der Waals surface area contributed by atoms with Gasteiger partial charge in [0.1, 0.15) is 5.75 Å². The minimum atomic E-state index is 0.125. The van der Waals surface area contributed by atoms with Gasteiger partial charge in [0.25, 0.3) is 5.91 Å². The molecule has 1 amide bonds. The lowest BCUT2D eigenvalue weighted by molar-refractivity contribution is 0.0679. The second-order valence-electron chi connectivity index (χ2n) is 6.56. The second kappa shape index (κ2) is 8.21. The number of nitrogens with zero attached hydrogens (tertiary/aromatic N) is 1. The first-order valence-electron chi connectivity index (χ1n) is 8.61. The Balaban J connectivity index is 1.91. The lowest BCUT2D eigenvalue weighted by atomic mass is 9.86. The molecule has 0 N–H and O–H groups in total. The summed E-state index contributed by atoms with van der Waals surface area (Å²) in [6.45, 7) is 5.19. The van der Waals surface area contributed by atoms with E-state index in [4.69, 9.17) is 4.74 Å². The Morgan fingerprint density at radius 1 is 1.18 bits per heavy atom. The first-order chi connectivity index (χ1) is 10.6. The SMILES string of the molecule is CCCCOc1ccc(C(=O)N(C)C2CCC(C)CC2)cc1. The fourth-order valence-electron chi connectivity index (χ4n) is 3.03. The molecule has 0 aliphatic heterocycles. The highest BCUT2D eigenvalue weighted by Gasteiger charge is 2.25. The van der Waals surface area contributed by atoms with Gasteiger partial charge in [-0.25, -0.2) is 0 Å². The van der Waals surface area contributed by atoms with E-state index in [2.05, 4.69) is 13.8 Å². The molecule has 1 aromatic carbocycles. The molecule has 0 saturated heterocycles. The molecule has 0 radical (unpaired) electrons. The van der Waals surface area contributed by atoms with E-state index >= 15 is 0 Å². The number of rotatable bonds is 6. The number of unbranched alkanes of at least 4 members (excludes halogenated alkanes) is 1. The molecule has 0 atom stereocenters. The molecule has 0 spiro atoms. The van der Waals surface area contributed by atoms with Crippen LogP contribution in [-0.2, 0) is 0 Å². The van der Waals surface area contributed by atoms with Gasteiger partial charge < -0.3 is 9.64 Å². The van der Waals surface area contributed by atoms with Crippen LogP contribution in [0.4, 0.5) is 0 Å². The van der Waals surface area contributed by atoms with Crippen LogP contribution in [0.2, 0.25) is 0 Å². The third-order valence-electron chi connectivity index (χ3n) is 4.72. The average Bonchev–Trinajstić information content (AvgIpc) is 2.55. The van der Waals surface area contributed by atoms with E-state index in [-0.39, 0.29) is 5.91 Å². The van der Waals surface area contributed by atoms with Crippen molar-refractivity contribution < 1.29 is 9.53 Å². The van der Waals surface area contributed by atoms with Gasteiger partial charge in [0.15, 0.2) is 0 Å². The number of amides is 1. The van der Waals surface area contributed by atoms with Crippen LogP contribution < -0.4 is 4.74 Å². The van der Waals surface area contributed by atoms with E-state index in [9.17, 15) is 4.79 Å². The molecule has 22 heavy (non-hydrogen) atoms. The van der Waals surface area contributed by atoms with Crippen LogP contribution in [0.5, 0.6) is 5.75 Å². The monoisotopic (exact) mass is 303 g/mol. The van der Waals surface area contributed by atoms with Crippen molar-refractivity contribution in [3.05, 3.63) is 29.8 Å². The standard InChI is InChI=1S/C19H29NO2/c1-4-5-14-22-18-12-8-16(9-13-18)19(21)20(3)17-10-6-15(2)7-11-17/h8-9,12-13,15,17H,4-7,10-11,14H2,1-3H3. The van der Waals surface area contributed by atoms with Crippen LogP contribution in [0.25, 0.3) is 0 Å². The summed E-state index contributed by atoms with van der Waals surface area (Å²) < 4.78 is 5.64. The number of benzene rings is 1. The van der Waals surface area contributed by atoms with E-state index < -0.39 is 0 Å². The molecule has 2 rings (SSSR count). The van der Waals surface area contributed by atoms with Crippen molar-refractivity contribution >= 4 is 5.91 Å². The van der Waals surface area contributed by atoms with Gasteiger partial charge in [0.2, 0.25) is 0 Å². The molecule has 0 unspecified atom stereocenters. The van der Waals surface area contributed by atoms with Crippen molar-refractivity contribution in [1.29, 1.82) is 0 Å². The number of carbonyl (C=O) groups excluding carboxylic acids is 1. The molecule has 3 heteroatoms. The number of hydrogen-bond acceptors (Lipinski definition) is 2. The maximum Gasteiger partial charge on any atom is 0.253 e. The summed E-state index contributed by atoms with van der Waals surface area (Å²) >= 11 is 0. The van der Waals surface area contributed by atoms with Gasteiger partial charge in [-0.3, -0.25) is 4.79 Å². The van der Waals surface area contributed by atoms with Crippen LogP contribution in [0, 0.1) is 5.92 Å². The molecule has 1 fully saturated rings. The summed E-state index contributed by atoms with van der Waals surface area (Å²) in [6, 6.07) is 7.96. The Labute approximate surface area is 134 Å². The minimum Gasteiger partial charge on any atom is -0.494 e. The summed E-state index contributed by atoms with van der Waals surface area (Å²) in [5.41, 5.74) is 0.754. The third kappa shape index (κ3) is 4.49. The largest absolute Gasteiger partial charge is 0.494 e. The van der Waals surface area contributed by atoms with E-state index in [1.54, 1.807) is 0 Å². The summed E-state index contributed by atoms with van der Waals surface area (Å²) in [5, 5.41) is 0. The molecule has 1 aromatic rings. The Morgan fingerprint density at radius 2 is 1.82 bits per heavy atom. The van der Waals surface area contributed by atoms with Crippen molar-refractivity contribution in [3.63, 3.8) is 0 Å². The van der Waals surface area contributed by atoms with Gasteiger partial charge in [-0.1, -0.05) is 20.3 Å². The van der Waals surface area contributed by atoms with E-state index in [0.717, 1.165) is 49.5 Å². The normalized spacial score (nSPS) is 21.4. The smallest absolute Gasteiger partial charge is 0.253 e. The highest BCUT2D eigenvalue weighted by molar-refractivity contribution is 5.94. The maximum absolute atomic E-state index is 12.6. The zero-order valence-electron chi connectivity index (χ0n) is 14.2. The van der Waals surface area contributed by atoms with Crippen LogP contribution in [-0.4, -0.2) is 30.5 Å². The molecular formula is C19H29NO2. The number of ether oxygens (including phenoxy) is 1. The third-order valence-corrected chi connectivity index (χ3v) is 4.72. The Morgan fingerprint density at radius 3 is 2.41 bits per heavy atom. The number of carbonyl (C=O) groups is 1. The molecule has 122 valence electrons. The maximum atomic E-state index is 12.6. The summed E-state index contributed by atoms with van der Waals surface area (Å²) in [7, 11) is 1.94. The summed E-state index contributed by atoms with van der Waals surface area (Å²) in [5.74, 6) is 1.78. The van der Waals surface area contributed by atoms with Crippen molar-refractivity contribution in [3.8, 4) is 5.75 Å². The Hall–Kier alpha value is -1.51. The van der Waals surface area contributed by atoms with Gasteiger partial charge in [0, 0.05) is 18.7 Å². The van der Waals surface area contributed by atoms with Gasteiger partial charge in [0.05, 0.1) is 6.61 Å². The highest BCUT2D eigenvalue weighted by atomic mass is 16.5. The van der Waals surface area contributed by atoms with Gasteiger partial charge in [-0.2, -0.15) is 0 Å². The molecule has 3 nitrogen and oxygen atoms in total. The van der Waals surface area contributed by atoms with Crippen LogP contribution in [0.3, 0.4) is 0 Å². The first-order valence-corrected chi connectivity index (χ1v) is 8.61. The lowest BCUT2D eigenvalue weighted by Gasteiger charge is -2.33. The van der Waals surface area contributed by atoms with Crippen molar-refractivity contribution in [2.24, 2.45) is 5.92 Å². The first kappa shape index (κ1) is 16.9. The van der Waals surface area contributed by atoms with E-state index in [1.165, 1.54) is 12.8 Å². The van der Waals surface area contributed by atoms with Gasteiger partial charge in [-0.05, 0) is 62.3 Å². The Bertz CT molecular complexity index is 461. The lowest BCUT2D eigenvalue weighted by Crippen LogP contribution is -2.39. The number of hydrogen-bond donors (Lipinski definition) is 0. The quantitative estimate of drug-likeness (QED) is 0.723. The average molecular weight is 303 g/mol.